The maximum Gasteiger partial charge on any atom is 0.122 e. The summed E-state index contributed by atoms with van der Waals surface area (Å²) < 4.78 is 5.42. The highest BCUT2D eigenvalue weighted by atomic mass is 16.5. The van der Waals surface area contributed by atoms with E-state index in [1.165, 1.54) is 24.8 Å². The minimum absolute atomic E-state index is 0.0593. The number of methoxy groups -OCH3 is 1. The van der Waals surface area contributed by atoms with Crippen LogP contribution in [0.2, 0.25) is 0 Å². The number of nitrogens with zero attached hydrogens (tertiary/aromatic N) is 1. The Kier molecular flexibility index (Phi) is 4.48. The van der Waals surface area contributed by atoms with Crippen molar-refractivity contribution < 1.29 is 4.74 Å². The summed E-state index contributed by atoms with van der Waals surface area (Å²) in [7, 11) is 3.91. The number of likely N-dealkylation sites (N-methyl/N-ethyl adjacent to an activating group) is 1. The maximum absolute atomic E-state index is 6.32. The average Bonchev–Trinajstić information content (AvgIpc) is 2.37. The molecule has 0 amide bonds. The third-order valence-electron chi connectivity index (χ3n) is 4.37. The molecule has 3 nitrogen and oxygen atoms in total. The second-order valence-corrected chi connectivity index (χ2v) is 6.00. The molecule has 3 heteroatoms. The molecule has 1 aromatic carbocycles. The van der Waals surface area contributed by atoms with Gasteiger partial charge in [0.2, 0.25) is 0 Å². The number of para-hydroxylation sites is 1. The maximum atomic E-state index is 6.32. The molecule has 0 aliphatic heterocycles. The normalized spacial score (nSPS) is 19.0. The van der Waals surface area contributed by atoms with Crippen LogP contribution in [-0.4, -0.2) is 37.2 Å². The van der Waals surface area contributed by atoms with Crippen molar-refractivity contribution in [2.75, 3.05) is 20.7 Å². The smallest absolute Gasteiger partial charge is 0.122 e. The number of hydrogen-bond donors (Lipinski definition) is 1. The first-order valence-electron chi connectivity index (χ1n) is 7.15. The zero-order chi connectivity index (χ0) is 13.9. The number of rotatable bonds is 6. The van der Waals surface area contributed by atoms with E-state index in [1.54, 1.807) is 7.11 Å². The lowest BCUT2D eigenvalue weighted by atomic mass is 9.77. The van der Waals surface area contributed by atoms with Crippen molar-refractivity contribution in [3.8, 4) is 5.75 Å². The Morgan fingerprint density at radius 3 is 2.63 bits per heavy atom. The molecule has 2 N–H and O–H groups in total. The summed E-state index contributed by atoms with van der Waals surface area (Å²) in [5.41, 5.74) is 7.65. The average molecular weight is 262 g/mol. The van der Waals surface area contributed by atoms with E-state index in [0.717, 1.165) is 18.7 Å². The molecule has 0 spiro atoms. The standard InChI is InChI=1S/C16H26N2O/c1-13(18(2)12-16(17)9-6-10-16)11-14-7-4-5-8-15(14)19-3/h4-5,7-8,13H,6,9-12,17H2,1-3H3. The van der Waals surface area contributed by atoms with Gasteiger partial charge >= 0.3 is 0 Å². The summed E-state index contributed by atoms with van der Waals surface area (Å²) >= 11 is 0. The molecule has 0 radical (unpaired) electrons. The molecule has 1 aliphatic rings. The van der Waals surface area contributed by atoms with Crippen molar-refractivity contribution in [2.24, 2.45) is 5.73 Å². The van der Waals surface area contributed by atoms with Gasteiger partial charge in [-0.05, 0) is 51.3 Å². The number of benzene rings is 1. The highest BCUT2D eigenvalue weighted by Crippen LogP contribution is 2.30. The van der Waals surface area contributed by atoms with E-state index < -0.39 is 0 Å². The number of nitrogens with two attached hydrogens (primary N) is 1. The Balaban J connectivity index is 1.94. The quantitative estimate of drug-likeness (QED) is 0.856. The van der Waals surface area contributed by atoms with E-state index in [9.17, 15) is 0 Å². The second kappa shape index (κ2) is 5.93. The van der Waals surface area contributed by atoms with E-state index in [0.29, 0.717) is 6.04 Å². The van der Waals surface area contributed by atoms with E-state index in [4.69, 9.17) is 10.5 Å². The van der Waals surface area contributed by atoms with Crippen LogP contribution in [0.3, 0.4) is 0 Å². The van der Waals surface area contributed by atoms with Gasteiger partial charge in [-0.1, -0.05) is 18.2 Å². The van der Waals surface area contributed by atoms with Gasteiger partial charge in [-0.3, -0.25) is 0 Å². The number of ether oxygens (including phenoxy) is 1. The Morgan fingerprint density at radius 1 is 1.37 bits per heavy atom. The van der Waals surface area contributed by atoms with Gasteiger partial charge in [-0.2, -0.15) is 0 Å². The van der Waals surface area contributed by atoms with Crippen LogP contribution < -0.4 is 10.5 Å². The molecule has 2 rings (SSSR count). The Hall–Kier alpha value is -1.06. The predicted molar refractivity (Wildman–Crippen MR) is 79.6 cm³/mol. The van der Waals surface area contributed by atoms with Crippen molar-refractivity contribution in [3.63, 3.8) is 0 Å². The van der Waals surface area contributed by atoms with Crippen LogP contribution in [0.1, 0.15) is 31.7 Å². The summed E-state index contributed by atoms with van der Waals surface area (Å²) in [6, 6.07) is 8.72. The molecular formula is C16H26N2O. The van der Waals surface area contributed by atoms with Gasteiger partial charge in [0.15, 0.2) is 0 Å². The van der Waals surface area contributed by atoms with Gasteiger partial charge in [0.25, 0.3) is 0 Å². The van der Waals surface area contributed by atoms with Gasteiger partial charge in [0, 0.05) is 18.1 Å². The molecule has 1 fully saturated rings. The van der Waals surface area contributed by atoms with Crippen LogP contribution in [0.25, 0.3) is 0 Å². The lowest BCUT2D eigenvalue weighted by molar-refractivity contribution is 0.137. The molecule has 1 unspecified atom stereocenters. The van der Waals surface area contributed by atoms with Crippen molar-refractivity contribution in [3.05, 3.63) is 29.8 Å². The predicted octanol–water partition coefficient (Wildman–Crippen LogP) is 2.44. The first kappa shape index (κ1) is 14.4. The molecular weight excluding hydrogens is 236 g/mol. The van der Waals surface area contributed by atoms with Crippen LogP contribution in [-0.2, 0) is 6.42 Å². The summed E-state index contributed by atoms with van der Waals surface area (Å²) in [4.78, 5) is 2.38. The van der Waals surface area contributed by atoms with Crippen LogP contribution in [0, 0.1) is 0 Å². The molecule has 1 aromatic rings. The first-order chi connectivity index (χ1) is 9.04. The van der Waals surface area contributed by atoms with E-state index in [2.05, 4.69) is 31.0 Å². The molecule has 1 saturated carbocycles. The van der Waals surface area contributed by atoms with Gasteiger partial charge < -0.3 is 15.4 Å². The molecule has 1 aliphatic carbocycles. The molecule has 1 atom stereocenters. The van der Waals surface area contributed by atoms with E-state index in [1.807, 2.05) is 12.1 Å². The molecule has 0 aromatic heterocycles. The summed E-state index contributed by atoms with van der Waals surface area (Å²) in [5.74, 6) is 0.980. The van der Waals surface area contributed by atoms with Gasteiger partial charge in [0.05, 0.1) is 7.11 Å². The fraction of sp³-hybridized carbons (Fsp3) is 0.625. The third kappa shape index (κ3) is 3.48. The highest BCUT2D eigenvalue weighted by molar-refractivity contribution is 5.33. The Morgan fingerprint density at radius 2 is 2.05 bits per heavy atom. The minimum atomic E-state index is 0.0593. The van der Waals surface area contributed by atoms with Crippen LogP contribution in [0.15, 0.2) is 24.3 Å². The SMILES string of the molecule is COc1ccccc1CC(C)N(C)CC1(N)CCC1. The van der Waals surface area contributed by atoms with Crippen LogP contribution >= 0.6 is 0 Å². The lowest BCUT2D eigenvalue weighted by Gasteiger charge is -2.42. The summed E-state index contributed by atoms with van der Waals surface area (Å²) in [6.07, 6.45) is 4.61. The van der Waals surface area contributed by atoms with Gasteiger partial charge in [-0.25, -0.2) is 0 Å². The highest BCUT2D eigenvalue weighted by Gasteiger charge is 2.34. The minimum Gasteiger partial charge on any atom is -0.496 e. The van der Waals surface area contributed by atoms with Crippen LogP contribution in [0.5, 0.6) is 5.75 Å². The topological polar surface area (TPSA) is 38.5 Å². The fourth-order valence-electron chi connectivity index (χ4n) is 2.79. The summed E-state index contributed by atoms with van der Waals surface area (Å²) in [5, 5.41) is 0. The van der Waals surface area contributed by atoms with Crippen molar-refractivity contribution >= 4 is 0 Å². The first-order valence-corrected chi connectivity index (χ1v) is 7.15. The Labute approximate surface area is 116 Å². The van der Waals surface area contributed by atoms with Crippen molar-refractivity contribution in [1.29, 1.82) is 0 Å². The molecule has 0 saturated heterocycles. The monoisotopic (exact) mass is 262 g/mol. The molecule has 0 bridgehead atoms. The fourth-order valence-corrected chi connectivity index (χ4v) is 2.79. The molecule has 19 heavy (non-hydrogen) atoms. The lowest BCUT2D eigenvalue weighted by Crippen LogP contribution is -2.55. The van der Waals surface area contributed by atoms with E-state index >= 15 is 0 Å². The van der Waals surface area contributed by atoms with Crippen LogP contribution in [0.4, 0.5) is 0 Å². The second-order valence-electron chi connectivity index (χ2n) is 6.00. The van der Waals surface area contributed by atoms with Gasteiger partial charge in [0.1, 0.15) is 5.75 Å². The zero-order valence-electron chi connectivity index (χ0n) is 12.4. The Bertz CT molecular complexity index is 415. The van der Waals surface area contributed by atoms with Crippen molar-refractivity contribution in [1.82, 2.24) is 4.90 Å². The number of hydrogen-bond acceptors (Lipinski definition) is 3. The molecule has 106 valence electrons. The summed E-state index contributed by atoms with van der Waals surface area (Å²) in [6.45, 7) is 3.25. The molecule has 0 heterocycles. The van der Waals surface area contributed by atoms with E-state index in [-0.39, 0.29) is 5.54 Å². The van der Waals surface area contributed by atoms with Crippen molar-refractivity contribution in [2.45, 2.75) is 44.2 Å². The third-order valence-corrected chi connectivity index (χ3v) is 4.37. The largest absolute Gasteiger partial charge is 0.496 e. The zero-order valence-corrected chi connectivity index (χ0v) is 12.4. The van der Waals surface area contributed by atoms with Gasteiger partial charge in [-0.15, -0.1) is 0 Å².